The fourth-order valence-corrected chi connectivity index (χ4v) is 3.69. The van der Waals surface area contributed by atoms with Crippen LogP contribution in [0.15, 0.2) is 32.8 Å². The van der Waals surface area contributed by atoms with Gasteiger partial charge in [0.1, 0.15) is 11.3 Å². The zero-order valence-corrected chi connectivity index (χ0v) is 15.8. The summed E-state index contributed by atoms with van der Waals surface area (Å²) in [6.45, 7) is 3.15. The van der Waals surface area contributed by atoms with Gasteiger partial charge in [0.2, 0.25) is 0 Å². The monoisotopic (exact) mass is 425 g/mol. The molecule has 0 aliphatic rings. The zero-order valence-electron chi connectivity index (χ0n) is 13.5. The van der Waals surface area contributed by atoms with Gasteiger partial charge in [-0.1, -0.05) is 41.0 Å². The van der Waals surface area contributed by atoms with E-state index in [-0.39, 0.29) is 26.4 Å². The van der Waals surface area contributed by atoms with Crippen LogP contribution >= 0.6 is 35.0 Å². The lowest BCUT2D eigenvalue weighted by Crippen LogP contribution is -2.25. The van der Waals surface area contributed by atoms with Crippen molar-refractivity contribution in [3.63, 3.8) is 0 Å². The number of aromatic nitrogens is 1. The van der Waals surface area contributed by atoms with Gasteiger partial charge in [0.25, 0.3) is 5.56 Å². The second-order valence-electron chi connectivity index (χ2n) is 5.08. The normalized spacial score (nSPS) is 11.5. The molecule has 0 saturated heterocycles. The molecule has 0 amide bonds. The van der Waals surface area contributed by atoms with Crippen molar-refractivity contribution in [2.75, 3.05) is 6.61 Å². The number of nitrogens with one attached hydrogen (secondary N) is 1. The number of carbonyl (C=O) groups excluding carboxylic acids is 1. The van der Waals surface area contributed by atoms with Crippen LogP contribution in [0, 0.1) is 6.92 Å². The smallest absolute Gasteiger partial charge is 0.431 e. The van der Waals surface area contributed by atoms with E-state index in [0.29, 0.717) is 23.4 Å². The Kier molecular flexibility index (Phi) is 6.31. The largest absolute Gasteiger partial charge is 0.462 e. The van der Waals surface area contributed by atoms with E-state index < -0.39 is 29.0 Å². The summed E-state index contributed by atoms with van der Waals surface area (Å²) in [6.07, 6.45) is -4.80. The van der Waals surface area contributed by atoms with Gasteiger partial charge in [-0.2, -0.15) is 13.2 Å². The molecule has 0 saturated carbocycles. The molecule has 4 nitrogen and oxygen atoms in total. The number of ether oxygens (including phenoxy) is 1. The van der Waals surface area contributed by atoms with Gasteiger partial charge >= 0.3 is 12.1 Å². The van der Waals surface area contributed by atoms with Crippen LogP contribution in [0.5, 0.6) is 0 Å². The van der Waals surface area contributed by atoms with E-state index >= 15 is 0 Å². The lowest BCUT2D eigenvalue weighted by atomic mass is 10.2. The van der Waals surface area contributed by atoms with Gasteiger partial charge in [0.15, 0.2) is 0 Å². The van der Waals surface area contributed by atoms with Gasteiger partial charge in [-0.25, -0.2) is 4.79 Å². The number of benzene rings is 1. The van der Waals surface area contributed by atoms with E-state index in [1.165, 1.54) is 13.0 Å². The van der Waals surface area contributed by atoms with Crippen LogP contribution < -0.4 is 5.56 Å². The molecule has 26 heavy (non-hydrogen) atoms. The minimum atomic E-state index is -4.80. The van der Waals surface area contributed by atoms with Crippen LogP contribution in [-0.4, -0.2) is 17.6 Å². The standard InChI is InChI=1S/C16H12Cl2F3NO3S/c1-3-25-15(24)11-9(6-10(16(19,20)21)22-14(11)23)26-13-8(17)5-4-7(2)12(13)18/h4-6H,3H2,1-2H3,(H,22,23). The molecule has 1 N–H and O–H groups in total. The van der Waals surface area contributed by atoms with Crippen molar-refractivity contribution in [2.24, 2.45) is 0 Å². The number of hydrogen-bond acceptors (Lipinski definition) is 4. The molecule has 0 atom stereocenters. The summed E-state index contributed by atoms with van der Waals surface area (Å²) >= 11 is 13.0. The number of H-pyrrole nitrogens is 1. The van der Waals surface area contributed by atoms with Crippen LogP contribution in [0.25, 0.3) is 0 Å². The lowest BCUT2D eigenvalue weighted by molar-refractivity contribution is -0.141. The molecule has 10 heteroatoms. The summed E-state index contributed by atoms with van der Waals surface area (Å²) in [5, 5.41) is 0.389. The Labute approximate surface area is 160 Å². The van der Waals surface area contributed by atoms with Crippen LogP contribution in [-0.2, 0) is 10.9 Å². The van der Waals surface area contributed by atoms with Gasteiger partial charge in [0, 0.05) is 9.79 Å². The van der Waals surface area contributed by atoms with E-state index in [1.54, 1.807) is 18.0 Å². The third-order valence-electron chi connectivity index (χ3n) is 3.24. The van der Waals surface area contributed by atoms with Gasteiger partial charge in [-0.05, 0) is 31.5 Å². The number of hydrogen-bond donors (Lipinski definition) is 1. The van der Waals surface area contributed by atoms with E-state index in [4.69, 9.17) is 27.9 Å². The van der Waals surface area contributed by atoms with Crippen molar-refractivity contribution in [3.05, 3.63) is 55.4 Å². The highest BCUT2D eigenvalue weighted by Gasteiger charge is 2.34. The molecular formula is C16H12Cl2F3NO3S. The maximum absolute atomic E-state index is 13.0. The number of esters is 1. The summed E-state index contributed by atoms with van der Waals surface area (Å²) in [4.78, 5) is 25.8. The van der Waals surface area contributed by atoms with Crippen molar-refractivity contribution >= 4 is 40.9 Å². The first-order chi connectivity index (χ1) is 12.1. The summed E-state index contributed by atoms with van der Waals surface area (Å²) in [5.74, 6) is -1.04. The fourth-order valence-electron chi connectivity index (χ4n) is 2.00. The van der Waals surface area contributed by atoms with E-state index in [1.807, 2.05) is 0 Å². The zero-order chi connectivity index (χ0) is 19.6. The molecule has 0 unspecified atom stereocenters. The van der Waals surface area contributed by atoms with E-state index in [9.17, 15) is 22.8 Å². The number of halogens is 5. The Bertz CT molecular complexity index is 913. The molecule has 2 aromatic rings. The predicted molar refractivity (Wildman–Crippen MR) is 93.3 cm³/mol. The number of aryl methyl sites for hydroxylation is 1. The third-order valence-corrected chi connectivity index (χ3v) is 5.43. The van der Waals surface area contributed by atoms with Crippen LogP contribution in [0.3, 0.4) is 0 Å². The number of rotatable bonds is 4. The van der Waals surface area contributed by atoms with Crippen LogP contribution in [0.2, 0.25) is 10.0 Å². The van der Waals surface area contributed by atoms with Crippen molar-refractivity contribution in [1.29, 1.82) is 0 Å². The van der Waals surface area contributed by atoms with Gasteiger partial charge < -0.3 is 9.72 Å². The maximum atomic E-state index is 13.0. The highest BCUT2D eigenvalue weighted by atomic mass is 35.5. The average Bonchev–Trinajstić information content (AvgIpc) is 2.54. The van der Waals surface area contributed by atoms with Gasteiger partial charge in [-0.15, -0.1) is 0 Å². The van der Waals surface area contributed by atoms with Gasteiger partial charge in [-0.3, -0.25) is 4.79 Å². The molecule has 0 aliphatic carbocycles. The average molecular weight is 426 g/mol. The highest BCUT2D eigenvalue weighted by Crippen LogP contribution is 2.42. The molecule has 0 spiro atoms. The predicted octanol–water partition coefficient (Wildman–Crippen LogP) is 5.34. The number of aromatic amines is 1. The summed E-state index contributed by atoms with van der Waals surface area (Å²) in [7, 11) is 0. The highest BCUT2D eigenvalue weighted by molar-refractivity contribution is 7.99. The molecule has 2 rings (SSSR count). The van der Waals surface area contributed by atoms with Crippen molar-refractivity contribution < 1.29 is 22.7 Å². The summed E-state index contributed by atoms with van der Waals surface area (Å²) < 4.78 is 43.9. The molecule has 0 bridgehead atoms. The SMILES string of the molecule is CCOC(=O)c1c(Sc2c(Cl)ccc(C)c2Cl)cc(C(F)(F)F)[nH]c1=O. The van der Waals surface area contributed by atoms with Crippen molar-refractivity contribution in [3.8, 4) is 0 Å². The maximum Gasteiger partial charge on any atom is 0.431 e. The summed E-state index contributed by atoms with van der Waals surface area (Å²) in [6, 6.07) is 3.82. The van der Waals surface area contributed by atoms with Crippen LogP contribution in [0.4, 0.5) is 13.2 Å². The fraction of sp³-hybridized carbons (Fsp3) is 0.250. The Morgan fingerprint density at radius 3 is 2.54 bits per heavy atom. The second-order valence-corrected chi connectivity index (χ2v) is 6.92. The molecule has 140 valence electrons. The number of carbonyl (C=O) groups is 1. The molecule has 1 heterocycles. The lowest BCUT2D eigenvalue weighted by Gasteiger charge is -2.14. The molecule has 1 aromatic heterocycles. The van der Waals surface area contributed by atoms with Crippen molar-refractivity contribution in [2.45, 2.75) is 29.8 Å². The molecule has 0 fully saturated rings. The Morgan fingerprint density at radius 1 is 1.31 bits per heavy atom. The second kappa shape index (κ2) is 7.94. The first-order valence-corrected chi connectivity index (χ1v) is 8.77. The van der Waals surface area contributed by atoms with Gasteiger partial charge in [0.05, 0.1) is 16.7 Å². The Morgan fingerprint density at radius 2 is 1.96 bits per heavy atom. The Hall–Kier alpha value is -1.64. The quantitative estimate of drug-likeness (QED) is 0.671. The van der Waals surface area contributed by atoms with E-state index in [0.717, 1.165) is 0 Å². The first kappa shape index (κ1) is 20.7. The Balaban J connectivity index is 2.69. The number of pyridine rings is 1. The topological polar surface area (TPSA) is 59.2 Å². The molecule has 0 radical (unpaired) electrons. The summed E-state index contributed by atoms with van der Waals surface area (Å²) in [5.41, 5.74) is -2.41. The third kappa shape index (κ3) is 4.36. The molecule has 0 aliphatic heterocycles. The van der Waals surface area contributed by atoms with Crippen molar-refractivity contribution in [1.82, 2.24) is 4.98 Å². The molecule has 1 aromatic carbocycles. The minimum absolute atomic E-state index is 0.0463. The first-order valence-electron chi connectivity index (χ1n) is 7.20. The van der Waals surface area contributed by atoms with E-state index in [2.05, 4.69) is 0 Å². The number of alkyl halides is 3. The minimum Gasteiger partial charge on any atom is -0.462 e. The van der Waals surface area contributed by atoms with Crippen LogP contribution in [0.1, 0.15) is 28.5 Å². The molecular weight excluding hydrogens is 414 g/mol.